The van der Waals surface area contributed by atoms with E-state index in [1.807, 2.05) is 59.3 Å². The van der Waals surface area contributed by atoms with Gasteiger partial charge in [-0.2, -0.15) is 0 Å². The van der Waals surface area contributed by atoms with Crippen LogP contribution in [0.2, 0.25) is 0 Å². The number of rotatable bonds is 6. The Labute approximate surface area is 140 Å². The van der Waals surface area contributed by atoms with Crippen LogP contribution in [0.1, 0.15) is 11.1 Å². The van der Waals surface area contributed by atoms with Crippen LogP contribution in [0.5, 0.6) is 5.75 Å². The van der Waals surface area contributed by atoms with Crippen molar-refractivity contribution < 1.29 is 9.53 Å². The fraction of sp³-hybridized carbons (Fsp3) is 0.158. The van der Waals surface area contributed by atoms with E-state index < -0.39 is 0 Å². The molecule has 122 valence electrons. The smallest absolute Gasteiger partial charge is 0.224 e. The van der Waals surface area contributed by atoms with E-state index in [9.17, 15) is 4.79 Å². The number of ether oxygens (including phenoxy) is 1. The van der Waals surface area contributed by atoms with Gasteiger partial charge in [0.2, 0.25) is 5.91 Å². The first-order valence-corrected chi connectivity index (χ1v) is 7.72. The van der Waals surface area contributed by atoms with E-state index in [0.717, 1.165) is 22.6 Å². The predicted octanol–water partition coefficient (Wildman–Crippen LogP) is 2.74. The zero-order chi connectivity index (χ0) is 16.8. The number of para-hydroxylation sites is 1. The molecule has 1 aromatic heterocycles. The summed E-state index contributed by atoms with van der Waals surface area (Å²) in [5, 5.41) is 2.94. The second-order valence-electron chi connectivity index (χ2n) is 5.40. The average molecular weight is 321 g/mol. The molecule has 0 atom stereocenters. The maximum Gasteiger partial charge on any atom is 0.224 e. The van der Waals surface area contributed by atoms with Crippen LogP contribution in [0.15, 0.2) is 67.3 Å². The van der Waals surface area contributed by atoms with Gasteiger partial charge in [-0.1, -0.05) is 30.3 Å². The number of carbonyl (C=O) groups is 1. The van der Waals surface area contributed by atoms with Gasteiger partial charge in [0, 0.05) is 30.2 Å². The first-order chi connectivity index (χ1) is 11.8. The molecule has 0 aliphatic rings. The topological polar surface area (TPSA) is 56.1 Å². The first-order valence-electron chi connectivity index (χ1n) is 7.72. The third-order valence-electron chi connectivity index (χ3n) is 3.77. The van der Waals surface area contributed by atoms with Gasteiger partial charge < -0.3 is 14.6 Å². The molecule has 5 heteroatoms. The molecule has 1 N–H and O–H groups in total. The molecule has 2 aromatic carbocycles. The maximum atomic E-state index is 12.1. The van der Waals surface area contributed by atoms with Gasteiger partial charge in [-0.15, -0.1) is 0 Å². The highest BCUT2D eigenvalue weighted by molar-refractivity contribution is 5.79. The molecule has 0 spiro atoms. The highest BCUT2D eigenvalue weighted by Gasteiger charge is 2.08. The van der Waals surface area contributed by atoms with Crippen molar-refractivity contribution in [2.45, 2.75) is 13.0 Å². The van der Waals surface area contributed by atoms with Crippen molar-refractivity contribution in [2.75, 3.05) is 7.11 Å². The van der Waals surface area contributed by atoms with Gasteiger partial charge in [-0.3, -0.25) is 4.79 Å². The number of amides is 1. The van der Waals surface area contributed by atoms with Gasteiger partial charge in [-0.25, -0.2) is 4.98 Å². The van der Waals surface area contributed by atoms with Crippen LogP contribution in [0.4, 0.5) is 0 Å². The van der Waals surface area contributed by atoms with Gasteiger partial charge >= 0.3 is 0 Å². The van der Waals surface area contributed by atoms with Crippen LogP contribution in [-0.2, 0) is 17.8 Å². The second-order valence-corrected chi connectivity index (χ2v) is 5.40. The fourth-order valence-electron chi connectivity index (χ4n) is 2.48. The van der Waals surface area contributed by atoms with Crippen molar-refractivity contribution in [1.29, 1.82) is 0 Å². The summed E-state index contributed by atoms with van der Waals surface area (Å²) < 4.78 is 7.20. The standard InChI is InChI=1S/C19H19N3O2/c1-24-18-5-3-2-4-16(18)12-19(23)21-13-15-6-8-17(9-7-15)22-11-10-20-14-22/h2-11,14H,12-13H2,1H3,(H,21,23). The van der Waals surface area contributed by atoms with Gasteiger partial charge in [0.1, 0.15) is 5.75 Å². The van der Waals surface area contributed by atoms with Crippen molar-refractivity contribution in [3.8, 4) is 11.4 Å². The number of nitrogens with zero attached hydrogens (tertiary/aromatic N) is 2. The van der Waals surface area contributed by atoms with Crippen LogP contribution in [0.25, 0.3) is 5.69 Å². The molecule has 0 fully saturated rings. The lowest BCUT2D eigenvalue weighted by Crippen LogP contribution is -2.24. The SMILES string of the molecule is COc1ccccc1CC(=O)NCc1ccc(-n2ccnc2)cc1. The van der Waals surface area contributed by atoms with E-state index in [4.69, 9.17) is 4.74 Å². The number of hydrogen-bond donors (Lipinski definition) is 1. The van der Waals surface area contributed by atoms with E-state index in [1.54, 1.807) is 19.6 Å². The molecule has 0 radical (unpaired) electrons. The molecule has 0 aliphatic heterocycles. The summed E-state index contributed by atoms with van der Waals surface area (Å²) >= 11 is 0. The predicted molar refractivity (Wildman–Crippen MR) is 92.1 cm³/mol. The third kappa shape index (κ3) is 3.81. The normalized spacial score (nSPS) is 10.4. The Kier molecular flexibility index (Phi) is 4.91. The number of hydrogen-bond acceptors (Lipinski definition) is 3. The fourth-order valence-corrected chi connectivity index (χ4v) is 2.48. The molecule has 1 amide bonds. The van der Waals surface area contributed by atoms with Gasteiger partial charge in [-0.05, 0) is 23.8 Å². The highest BCUT2D eigenvalue weighted by atomic mass is 16.5. The number of benzene rings is 2. The molecule has 5 nitrogen and oxygen atoms in total. The molecule has 24 heavy (non-hydrogen) atoms. The van der Waals surface area contributed by atoms with Crippen molar-refractivity contribution in [2.24, 2.45) is 0 Å². The lowest BCUT2D eigenvalue weighted by molar-refractivity contribution is -0.120. The van der Waals surface area contributed by atoms with Crippen molar-refractivity contribution in [1.82, 2.24) is 14.9 Å². The highest BCUT2D eigenvalue weighted by Crippen LogP contribution is 2.17. The minimum Gasteiger partial charge on any atom is -0.496 e. The number of methoxy groups -OCH3 is 1. The van der Waals surface area contributed by atoms with E-state index in [0.29, 0.717) is 13.0 Å². The van der Waals surface area contributed by atoms with E-state index in [1.165, 1.54) is 0 Å². The van der Waals surface area contributed by atoms with Gasteiger partial charge in [0.25, 0.3) is 0 Å². The molecule has 0 aliphatic carbocycles. The Bertz CT molecular complexity index is 796. The zero-order valence-electron chi connectivity index (χ0n) is 13.5. The molecular weight excluding hydrogens is 302 g/mol. The maximum absolute atomic E-state index is 12.1. The lowest BCUT2D eigenvalue weighted by Gasteiger charge is -2.09. The largest absolute Gasteiger partial charge is 0.496 e. The first kappa shape index (κ1) is 15.8. The Morgan fingerprint density at radius 3 is 2.67 bits per heavy atom. The molecule has 3 aromatic rings. The Balaban J connectivity index is 1.56. The van der Waals surface area contributed by atoms with Crippen LogP contribution >= 0.6 is 0 Å². The van der Waals surface area contributed by atoms with Crippen LogP contribution < -0.4 is 10.1 Å². The third-order valence-corrected chi connectivity index (χ3v) is 3.77. The number of imidazole rings is 1. The van der Waals surface area contributed by atoms with E-state index in [-0.39, 0.29) is 5.91 Å². The van der Waals surface area contributed by atoms with Crippen LogP contribution in [-0.4, -0.2) is 22.6 Å². The van der Waals surface area contributed by atoms with Crippen LogP contribution in [0, 0.1) is 0 Å². The summed E-state index contributed by atoms with van der Waals surface area (Å²) in [5.41, 5.74) is 2.97. The molecule has 3 rings (SSSR count). The average Bonchev–Trinajstić information content (AvgIpc) is 3.15. The van der Waals surface area contributed by atoms with Gasteiger partial charge in [0.15, 0.2) is 0 Å². The van der Waals surface area contributed by atoms with Crippen molar-refractivity contribution in [3.63, 3.8) is 0 Å². The molecular formula is C19H19N3O2. The van der Waals surface area contributed by atoms with E-state index >= 15 is 0 Å². The summed E-state index contributed by atoms with van der Waals surface area (Å²) in [5.74, 6) is 0.704. The van der Waals surface area contributed by atoms with Crippen molar-refractivity contribution in [3.05, 3.63) is 78.4 Å². The molecule has 0 bridgehead atoms. The Morgan fingerprint density at radius 2 is 1.96 bits per heavy atom. The number of nitrogens with one attached hydrogen (secondary N) is 1. The number of carbonyl (C=O) groups excluding carboxylic acids is 1. The van der Waals surface area contributed by atoms with Crippen LogP contribution in [0.3, 0.4) is 0 Å². The van der Waals surface area contributed by atoms with Gasteiger partial charge in [0.05, 0.1) is 19.9 Å². The minimum atomic E-state index is -0.0295. The zero-order valence-corrected chi connectivity index (χ0v) is 13.5. The Hall–Kier alpha value is -3.08. The molecule has 0 saturated carbocycles. The summed E-state index contributed by atoms with van der Waals surface area (Å²) in [7, 11) is 1.61. The summed E-state index contributed by atoms with van der Waals surface area (Å²) in [4.78, 5) is 16.2. The molecule has 0 unspecified atom stereocenters. The number of aromatic nitrogens is 2. The summed E-state index contributed by atoms with van der Waals surface area (Å²) in [6, 6.07) is 15.6. The second kappa shape index (κ2) is 7.46. The lowest BCUT2D eigenvalue weighted by atomic mass is 10.1. The monoisotopic (exact) mass is 321 g/mol. The van der Waals surface area contributed by atoms with E-state index in [2.05, 4.69) is 10.3 Å². The quantitative estimate of drug-likeness (QED) is 0.759. The van der Waals surface area contributed by atoms with Crippen molar-refractivity contribution >= 4 is 5.91 Å². The molecule has 0 saturated heterocycles. The molecule has 1 heterocycles. The summed E-state index contributed by atoms with van der Waals surface area (Å²) in [6.07, 6.45) is 5.69. The Morgan fingerprint density at radius 1 is 1.17 bits per heavy atom. The minimum absolute atomic E-state index is 0.0295. The summed E-state index contributed by atoms with van der Waals surface area (Å²) in [6.45, 7) is 0.498.